The van der Waals surface area contributed by atoms with Crippen molar-refractivity contribution in [1.29, 1.82) is 0 Å². The molecule has 2 atom stereocenters. The van der Waals surface area contributed by atoms with Gasteiger partial charge in [-0.15, -0.1) is 12.4 Å². The van der Waals surface area contributed by atoms with Crippen molar-refractivity contribution < 1.29 is 27.8 Å². The molecule has 0 bridgehead atoms. The molecule has 3 fully saturated rings. The van der Waals surface area contributed by atoms with E-state index in [2.05, 4.69) is 5.32 Å². The number of carboxylic acids is 1. The van der Waals surface area contributed by atoms with Crippen molar-refractivity contribution in [2.45, 2.75) is 44.4 Å². The van der Waals surface area contributed by atoms with Crippen LogP contribution in [0.25, 0.3) is 10.9 Å². The van der Waals surface area contributed by atoms with Gasteiger partial charge < -0.3 is 30.4 Å². The highest BCUT2D eigenvalue weighted by Crippen LogP contribution is 2.47. The Morgan fingerprint density at radius 1 is 1.27 bits per heavy atom. The van der Waals surface area contributed by atoms with Gasteiger partial charge in [0, 0.05) is 31.4 Å². The van der Waals surface area contributed by atoms with Gasteiger partial charge in [0.1, 0.15) is 11.3 Å². The third-order valence-electron chi connectivity index (χ3n) is 6.67. The quantitative estimate of drug-likeness (QED) is 0.555. The number of nitrogens with one attached hydrogen (secondary N) is 1. The average Bonchev–Trinajstić information content (AvgIpc) is 3.49. The maximum Gasteiger partial charge on any atom is 0.387 e. The van der Waals surface area contributed by atoms with Crippen molar-refractivity contribution in [1.82, 2.24) is 9.88 Å². The van der Waals surface area contributed by atoms with E-state index in [4.69, 9.17) is 10.5 Å². The number of rotatable bonds is 5. The number of hydrogen-bond donors (Lipinski definition) is 3. The Bertz CT molecular complexity index is 1160. The minimum absolute atomic E-state index is 0. The van der Waals surface area contributed by atoms with Gasteiger partial charge in [-0.05, 0) is 38.1 Å². The van der Waals surface area contributed by atoms with Crippen molar-refractivity contribution in [3.8, 4) is 5.75 Å². The fourth-order valence-electron chi connectivity index (χ4n) is 5.07. The summed E-state index contributed by atoms with van der Waals surface area (Å²) in [5.74, 6) is -2.80. The van der Waals surface area contributed by atoms with Gasteiger partial charge in [-0.25, -0.2) is 9.18 Å². The number of benzene rings is 1. The Morgan fingerprint density at radius 2 is 2.00 bits per heavy atom. The number of hydrogen-bond acceptors (Lipinski definition) is 6. The van der Waals surface area contributed by atoms with Crippen LogP contribution in [0.2, 0.25) is 0 Å². The van der Waals surface area contributed by atoms with Crippen LogP contribution in [-0.4, -0.2) is 47.9 Å². The Morgan fingerprint density at radius 3 is 2.61 bits per heavy atom. The molecule has 2 aliphatic heterocycles. The number of anilines is 2. The van der Waals surface area contributed by atoms with Gasteiger partial charge in [0.05, 0.1) is 16.6 Å². The summed E-state index contributed by atoms with van der Waals surface area (Å²) in [6.07, 6.45) is 4.34. The van der Waals surface area contributed by atoms with Gasteiger partial charge in [-0.2, -0.15) is 8.78 Å². The van der Waals surface area contributed by atoms with Crippen molar-refractivity contribution in [3.63, 3.8) is 0 Å². The maximum atomic E-state index is 15.6. The van der Waals surface area contributed by atoms with Crippen LogP contribution in [0.5, 0.6) is 5.75 Å². The van der Waals surface area contributed by atoms with E-state index in [1.165, 1.54) is 4.57 Å². The molecule has 12 heteroatoms. The fourth-order valence-corrected chi connectivity index (χ4v) is 5.07. The minimum Gasteiger partial charge on any atom is -0.477 e. The second kappa shape index (κ2) is 8.60. The van der Waals surface area contributed by atoms with Gasteiger partial charge in [0.2, 0.25) is 5.43 Å². The van der Waals surface area contributed by atoms with Gasteiger partial charge in [-0.3, -0.25) is 4.79 Å². The standard InChI is InChI=1S/C21H23F3N4O4.ClH/c22-14-15(25)13-16(28(10-3-4-10)7-11(18(13)29)20(30)31)19(32-21(23)24)17(14)27-6-9-2-1-5-26-12(9)8-27;/h7,9-10,12,21,26H,1-6,8,25H2,(H,30,31);1H/t9-,12+;/m1./s1. The normalized spacial score (nSPS) is 22.4. The maximum absolute atomic E-state index is 15.6. The molecule has 1 aromatic heterocycles. The molecule has 1 saturated carbocycles. The van der Waals surface area contributed by atoms with E-state index < -0.39 is 46.2 Å². The number of fused-ring (bicyclic) bond motifs is 2. The molecule has 3 heterocycles. The predicted molar refractivity (Wildman–Crippen MR) is 118 cm³/mol. The molecule has 2 saturated heterocycles. The second-order valence-electron chi connectivity index (χ2n) is 8.69. The number of aromatic nitrogens is 1. The zero-order chi connectivity index (χ0) is 22.7. The molecule has 1 aromatic carbocycles. The molecule has 5 rings (SSSR count). The molecule has 2 aromatic rings. The highest BCUT2D eigenvalue weighted by molar-refractivity contribution is 6.03. The van der Waals surface area contributed by atoms with E-state index in [0.717, 1.165) is 25.6 Å². The Labute approximate surface area is 192 Å². The van der Waals surface area contributed by atoms with E-state index in [-0.39, 0.29) is 41.6 Å². The van der Waals surface area contributed by atoms with E-state index >= 15 is 4.39 Å². The van der Waals surface area contributed by atoms with E-state index in [1.807, 2.05) is 0 Å². The van der Waals surface area contributed by atoms with Crippen LogP contribution in [0.15, 0.2) is 11.0 Å². The largest absolute Gasteiger partial charge is 0.477 e. The second-order valence-corrected chi connectivity index (χ2v) is 8.69. The third-order valence-corrected chi connectivity index (χ3v) is 6.67. The van der Waals surface area contributed by atoms with E-state index in [9.17, 15) is 23.5 Å². The number of pyridine rings is 1. The summed E-state index contributed by atoms with van der Waals surface area (Å²) in [6, 6.07) is -0.128. The number of piperidine rings is 1. The summed E-state index contributed by atoms with van der Waals surface area (Å²) < 4.78 is 48.9. The van der Waals surface area contributed by atoms with Crippen molar-refractivity contribution in [2.24, 2.45) is 5.92 Å². The minimum atomic E-state index is -3.27. The molecule has 0 unspecified atom stereocenters. The molecule has 0 radical (unpaired) electrons. The monoisotopic (exact) mass is 488 g/mol. The first-order valence-electron chi connectivity index (χ1n) is 10.6. The van der Waals surface area contributed by atoms with Gasteiger partial charge in [0.25, 0.3) is 0 Å². The highest BCUT2D eigenvalue weighted by atomic mass is 35.5. The lowest BCUT2D eigenvalue weighted by atomic mass is 9.94. The lowest BCUT2D eigenvalue weighted by Gasteiger charge is -2.26. The molecule has 0 spiro atoms. The first-order valence-corrected chi connectivity index (χ1v) is 10.6. The molecule has 3 aliphatic rings. The molecule has 180 valence electrons. The van der Waals surface area contributed by atoms with E-state index in [0.29, 0.717) is 25.9 Å². The molecular weight excluding hydrogens is 465 g/mol. The first-order chi connectivity index (χ1) is 15.3. The third kappa shape index (κ3) is 3.86. The highest BCUT2D eigenvalue weighted by Gasteiger charge is 2.39. The van der Waals surface area contributed by atoms with Crippen molar-refractivity contribution in [2.75, 3.05) is 30.3 Å². The van der Waals surface area contributed by atoms with Crippen LogP contribution in [0.3, 0.4) is 0 Å². The fraction of sp³-hybridized carbons (Fsp3) is 0.524. The molecular formula is C21H24ClF3N4O4. The number of carbonyl (C=O) groups is 1. The number of carboxylic acid groups (broad SMARTS) is 1. The number of nitrogens with zero attached hydrogens (tertiary/aromatic N) is 2. The lowest BCUT2D eigenvalue weighted by molar-refractivity contribution is -0.0488. The molecule has 4 N–H and O–H groups in total. The van der Waals surface area contributed by atoms with Gasteiger partial charge in [-0.1, -0.05) is 0 Å². The molecule has 0 amide bonds. The number of aromatic carboxylic acids is 1. The van der Waals surface area contributed by atoms with Crippen LogP contribution < -0.4 is 26.1 Å². The zero-order valence-electron chi connectivity index (χ0n) is 17.5. The van der Waals surface area contributed by atoms with Crippen LogP contribution in [-0.2, 0) is 0 Å². The SMILES string of the molecule is Cl.Nc1c(F)c(N2C[C@H]3CCCN[C@H]3C2)c(OC(F)F)c2c1c(=O)c(C(=O)O)cn2C1CC1. The molecule has 33 heavy (non-hydrogen) atoms. The van der Waals surface area contributed by atoms with Crippen LogP contribution in [0, 0.1) is 11.7 Å². The topological polar surface area (TPSA) is 110 Å². The molecule has 8 nitrogen and oxygen atoms in total. The van der Waals surface area contributed by atoms with Crippen LogP contribution in [0.4, 0.5) is 24.5 Å². The van der Waals surface area contributed by atoms with Gasteiger partial charge in [0.15, 0.2) is 11.6 Å². The number of ether oxygens (including phenoxy) is 1. The number of nitrogen functional groups attached to an aromatic ring is 1. The Hall–Kier alpha value is -2.66. The average molecular weight is 489 g/mol. The Balaban J connectivity index is 0.00000259. The smallest absolute Gasteiger partial charge is 0.387 e. The number of nitrogens with two attached hydrogens (primary N) is 1. The summed E-state index contributed by atoms with van der Waals surface area (Å²) in [4.78, 5) is 26.2. The number of alkyl halides is 2. The van der Waals surface area contributed by atoms with Crippen LogP contribution in [0.1, 0.15) is 42.1 Å². The summed E-state index contributed by atoms with van der Waals surface area (Å²) in [5.41, 5.74) is 3.56. The van der Waals surface area contributed by atoms with E-state index in [1.54, 1.807) is 4.90 Å². The summed E-state index contributed by atoms with van der Waals surface area (Å²) in [6.45, 7) is -1.63. The molecule has 1 aliphatic carbocycles. The van der Waals surface area contributed by atoms with Crippen molar-refractivity contribution >= 4 is 40.7 Å². The van der Waals surface area contributed by atoms with Crippen molar-refractivity contribution in [3.05, 3.63) is 27.8 Å². The first kappa shape index (κ1) is 23.5. The van der Waals surface area contributed by atoms with Gasteiger partial charge >= 0.3 is 12.6 Å². The predicted octanol–water partition coefficient (Wildman–Crippen LogP) is 2.97. The lowest BCUT2D eigenvalue weighted by Crippen LogP contribution is -2.40. The summed E-state index contributed by atoms with van der Waals surface area (Å²) in [5, 5.41) is 12.4. The number of halogens is 4. The summed E-state index contributed by atoms with van der Waals surface area (Å²) in [7, 11) is 0. The van der Waals surface area contributed by atoms with Crippen LogP contribution >= 0.6 is 12.4 Å². The Kier molecular flexibility index (Phi) is 6.12. The zero-order valence-corrected chi connectivity index (χ0v) is 18.3. The summed E-state index contributed by atoms with van der Waals surface area (Å²) >= 11 is 0.